The van der Waals surface area contributed by atoms with Crippen molar-refractivity contribution in [2.75, 3.05) is 7.05 Å². The van der Waals surface area contributed by atoms with Gasteiger partial charge in [0.15, 0.2) is 0 Å². The zero-order valence-electron chi connectivity index (χ0n) is 14.1. The van der Waals surface area contributed by atoms with Crippen LogP contribution in [0.25, 0.3) is 0 Å². The Labute approximate surface area is 153 Å². The van der Waals surface area contributed by atoms with Crippen LogP contribution in [-0.2, 0) is 13.1 Å². The molecule has 0 spiro atoms. The van der Waals surface area contributed by atoms with Crippen LogP contribution in [0.3, 0.4) is 0 Å². The smallest absolute Gasteiger partial charge is 0.253 e. The molecule has 0 atom stereocenters. The maximum Gasteiger partial charge on any atom is 0.253 e. The Kier molecular flexibility index (Phi) is 6.67. The molecule has 0 fully saturated rings. The average Bonchev–Trinajstić information content (AvgIpc) is 2.56. The molecule has 24 heavy (non-hydrogen) atoms. The number of amides is 1. The molecule has 2 rings (SSSR count). The first-order valence-corrected chi connectivity index (χ1v) is 8.65. The van der Waals surface area contributed by atoms with Crippen LogP contribution in [0.4, 0.5) is 0 Å². The summed E-state index contributed by atoms with van der Waals surface area (Å²) in [6.07, 6.45) is 0. The van der Waals surface area contributed by atoms with Crippen molar-refractivity contribution < 1.29 is 4.79 Å². The molecular formula is C19H22Cl2N2O. The lowest BCUT2D eigenvalue weighted by molar-refractivity contribution is 0.0755. The van der Waals surface area contributed by atoms with Gasteiger partial charge in [-0.3, -0.25) is 4.79 Å². The van der Waals surface area contributed by atoms with Crippen LogP contribution in [0.15, 0.2) is 42.5 Å². The van der Waals surface area contributed by atoms with E-state index in [4.69, 9.17) is 23.2 Å². The molecule has 0 unspecified atom stereocenters. The Bertz CT molecular complexity index is 699. The third kappa shape index (κ3) is 4.97. The van der Waals surface area contributed by atoms with E-state index < -0.39 is 0 Å². The van der Waals surface area contributed by atoms with E-state index in [1.54, 1.807) is 11.0 Å². The number of halogens is 2. The summed E-state index contributed by atoms with van der Waals surface area (Å²) in [6.45, 7) is 5.36. The van der Waals surface area contributed by atoms with E-state index >= 15 is 0 Å². The van der Waals surface area contributed by atoms with Gasteiger partial charge >= 0.3 is 0 Å². The highest BCUT2D eigenvalue weighted by molar-refractivity contribution is 6.35. The Morgan fingerprint density at radius 3 is 2.33 bits per heavy atom. The minimum atomic E-state index is 0.0393. The van der Waals surface area contributed by atoms with Gasteiger partial charge in [-0.05, 0) is 49.2 Å². The molecule has 1 amide bonds. The van der Waals surface area contributed by atoms with Crippen LogP contribution < -0.4 is 5.32 Å². The molecule has 0 aliphatic rings. The highest BCUT2D eigenvalue weighted by atomic mass is 35.5. The van der Waals surface area contributed by atoms with Crippen molar-refractivity contribution in [2.45, 2.75) is 33.0 Å². The van der Waals surface area contributed by atoms with Crippen molar-refractivity contribution in [3.05, 3.63) is 69.2 Å². The topological polar surface area (TPSA) is 32.3 Å². The Hall–Kier alpha value is -1.55. The Balaban J connectivity index is 1.91. The second-order valence-electron chi connectivity index (χ2n) is 6.05. The van der Waals surface area contributed by atoms with Crippen molar-refractivity contribution >= 4 is 29.1 Å². The number of hydrogen-bond acceptors (Lipinski definition) is 2. The number of rotatable bonds is 6. The van der Waals surface area contributed by atoms with Gasteiger partial charge in [0.1, 0.15) is 0 Å². The maximum atomic E-state index is 12.2. The van der Waals surface area contributed by atoms with E-state index in [9.17, 15) is 4.79 Å². The van der Waals surface area contributed by atoms with Gasteiger partial charge in [0.25, 0.3) is 5.91 Å². The van der Waals surface area contributed by atoms with E-state index in [-0.39, 0.29) is 11.9 Å². The first-order chi connectivity index (χ1) is 11.4. The van der Waals surface area contributed by atoms with Crippen LogP contribution in [0.1, 0.15) is 35.3 Å². The SMILES string of the molecule is CC(C)N(C)C(=O)c1ccc(CNCc2ccc(Cl)cc2Cl)cc1. The molecule has 2 aromatic rings. The summed E-state index contributed by atoms with van der Waals surface area (Å²) in [5.41, 5.74) is 2.82. The summed E-state index contributed by atoms with van der Waals surface area (Å²) in [6, 6.07) is 13.3. The summed E-state index contributed by atoms with van der Waals surface area (Å²) in [4.78, 5) is 14.0. The number of carbonyl (C=O) groups is 1. The third-order valence-electron chi connectivity index (χ3n) is 3.96. The molecule has 0 aromatic heterocycles. The standard InChI is InChI=1S/C19H22Cl2N2O/c1-13(2)23(3)19(24)15-6-4-14(5-7-15)11-22-12-16-8-9-17(20)10-18(16)21/h4-10,13,22H,11-12H2,1-3H3. The molecule has 5 heteroatoms. The van der Waals surface area contributed by atoms with Crippen molar-refractivity contribution in [1.29, 1.82) is 0 Å². The van der Waals surface area contributed by atoms with E-state index in [2.05, 4.69) is 5.32 Å². The van der Waals surface area contributed by atoms with Gasteiger partial charge in [-0.2, -0.15) is 0 Å². The van der Waals surface area contributed by atoms with Crippen molar-refractivity contribution in [1.82, 2.24) is 10.2 Å². The van der Waals surface area contributed by atoms with Crippen molar-refractivity contribution in [2.24, 2.45) is 0 Å². The van der Waals surface area contributed by atoms with Gasteiger partial charge in [-0.25, -0.2) is 0 Å². The lowest BCUT2D eigenvalue weighted by Gasteiger charge is -2.21. The summed E-state index contributed by atoms with van der Waals surface area (Å²) in [5, 5.41) is 4.64. The lowest BCUT2D eigenvalue weighted by atomic mass is 10.1. The third-order valence-corrected chi connectivity index (χ3v) is 4.54. The molecule has 3 nitrogen and oxygen atoms in total. The van der Waals surface area contributed by atoms with Crippen molar-refractivity contribution in [3.63, 3.8) is 0 Å². The monoisotopic (exact) mass is 364 g/mol. The first kappa shape index (κ1) is 18.8. The fraction of sp³-hybridized carbons (Fsp3) is 0.316. The molecule has 0 saturated heterocycles. The van der Waals surface area contributed by atoms with Crippen LogP contribution in [-0.4, -0.2) is 23.9 Å². The fourth-order valence-electron chi connectivity index (χ4n) is 2.21. The molecule has 0 aliphatic heterocycles. The van der Waals surface area contributed by atoms with E-state index in [1.165, 1.54) is 0 Å². The van der Waals surface area contributed by atoms with Crippen LogP contribution in [0.2, 0.25) is 10.0 Å². The predicted molar refractivity (Wildman–Crippen MR) is 101 cm³/mol. The second kappa shape index (κ2) is 8.52. The predicted octanol–water partition coefficient (Wildman–Crippen LogP) is 4.76. The van der Waals surface area contributed by atoms with Crippen LogP contribution in [0, 0.1) is 0 Å². The van der Waals surface area contributed by atoms with Gasteiger partial charge in [-0.15, -0.1) is 0 Å². The van der Waals surface area contributed by atoms with E-state index in [1.807, 2.05) is 57.3 Å². The van der Waals surface area contributed by atoms with Gasteiger partial charge in [-0.1, -0.05) is 41.4 Å². The Morgan fingerprint density at radius 1 is 1.08 bits per heavy atom. The van der Waals surface area contributed by atoms with Crippen molar-refractivity contribution in [3.8, 4) is 0 Å². The zero-order chi connectivity index (χ0) is 17.7. The number of nitrogens with one attached hydrogen (secondary N) is 1. The molecule has 2 aromatic carbocycles. The summed E-state index contributed by atoms with van der Waals surface area (Å²) in [7, 11) is 1.82. The van der Waals surface area contributed by atoms with Gasteiger partial charge in [0.05, 0.1) is 0 Å². The fourth-order valence-corrected chi connectivity index (χ4v) is 2.69. The highest BCUT2D eigenvalue weighted by Crippen LogP contribution is 2.20. The average molecular weight is 365 g/mol. The largest absolute Gasteiger partial charge is 0.339 e. The Morgan fingerprint density at radius 2 is 1.75 bits per heavy atom. The van der Waals surface area contributed by atoms with E-state index in [0.717, 1.165) is 11.1 Å². The highest BCUT2D eigenvalue weighted by Gasteiger charge is 2.13. The van der Waals surface area contributed by atoms with E-state index in [0.29, 0.717) is 28.7 Å². The molecule has 128 valence electrons. The van der Waals surface area contributed by atoms with Crippen LogP contribution in [0.5, 0.6) is 0 Å². The first-order valence-electron chi connectivity index (χ1n) is 7.89. The minimum Gasteiger partial charge on any atom is -0.339 e. The maximum absolute atomic E-state index is 12.2. The zero-order valence-corrected chi connectivity index (χ0v) is 15.7. The number of hydrogen-bond donors (Lipinski definition) is 1. The number of nitrogens with zero attached hydrogens (tertiary/aromatic N) is 1. The normalized spacial score (nSPS) is 10.9. The molecule has 1 N–H and O–H groups in total. The molecule has 0 saturated carbocycles. The molecule has 0 radical (unpaired) electrons. The number of carbonyl (C=O) groups excluding carboxylic acids is 1. The summed E-state index contributed by atoms with van der Waals surface area (Å²) in [5.74, 6) is 0.0393. The van der Waals surface area contributed by atoms with Gasteiger partial charge in [0.2, 0.25) is 0 Å². The quantitative estimate of drug-likeness (QED) is 0.800. The second-order valence-corrected chi connectivity index (χ2v) is 6.89. The summed E-state index contributed by atoms with van der Waals surface area (Å²) < 4.78 is 0. The summed E-state index contributed by atoms with van der Waals surface area (Å²) >= 11 is 12.0. The molecule has 0 bridgehead atoms. The van der Waals surface area contributed by atoms with Gasteiger partial charge < -0.3 is 10.2 Å². The molecular weight excluding hydrogens is 343 g/mol. The lowest BCUT2D eigenvalue weighted by Crippen LogP contribution is -2.32. The minimum absolute atomic E-state index is 0.0393. The van der Waals surface area contributed by atoms with Gasteiger partial charge in [0, 0.05) is 41.8 Å². The molecule has 0 heterocycles. The number of benzene rings is 2. The van der Waals surface area contributed by atoms with Crippen LogP contribution >= 0.6 is 23.2 Å². The molecule has 0 aliphatic carbocycles.